The molecule has 0 aliphatic heterocycles. The maximum atomic E-state index is 13.0. The van der Waals surface area contributed by atoms with Crippen molar-refractivity contribution in [3.05, 3.63) is 42.0 Å². The van der Waals surface area contributed by atoms with E-state index in [1.54, 1.807) is 6.07 Å². The van der Waals surface area contributed by atoms with Crippen LogP contribution in [0.4, 0.5) is 13.2 Å². The summed E-state index contributed by atoms with van der Waals surface area (Å²) in [4.78, 5) is 8.78. The van der Waals surface area contributed by atoms with Crippen molar-refractivity contribution in [2.24, 2.45) is 0 Å². The zero-order valence-electron chi connectivity index (χ0n) is 14.0. The molecule has 1 atom stereocenters. The Morgan fingerprint density at radius 2 is 1.78 bits per heavy atom. The minimum Gasteiger partial charge on any atom is -0.496 e. The van der Waals surface area contributed by atoms with Crippen molar-refractivity contribution in [2.45, 2.75) is 11.1 Å². The SMILES string of the molecule is COc1nc(-c2ccc(C(F)(F)F)cc2OC)c2ccc(S(=O)Cl)cc2n1. The van der Waals surface area contributed by atoms with Gasteiger partial charge in [0.2, 0.25) is 0 Å². The summed E-state index contributed by atoms with van der Waals surface area (Å²) in [5, 5.41) is 0.514. The molecule has 0 bridgehead atoms. The molecule has 1 unspecified atom stereocenters. The number of halogens is 4. The fourth-order valence-electron chi connectivity index (χ4n) is 2.55. The average Bonchev–Trinajstić information content (AvgIpc) is 2.65. The Kier molecular flexibility index (Phi) is 5.25. The van der Waals surface area contributed by atoms with E-state index in [1.165, 1.54) is 32.4 Å². The van der Waals surface area contributed by atoms with Crippen LogP contribution in [0.3, 0.4) is 0 Å². The zero-order chi connectivity index (χ0) is 19.8. The Morgan fingerprint density at radius 3 is 2.37 bits per heavy atom. The molecule has 2 aromatic carbocycles. The highest BCUT2D eigenvalue weighted by molar-refractivity contribution is 8.08. The van der Waals surface area contributed by atoms with E-state index in [4.69, 9.17) is 20.2 Å². The molecular weight excluding hydrogens is 405 g/mol. The maximum Gasteiger partial charge on any atom is 0.416 e. The Balaban J connectivity index is 2.28. The number of nitrogens with zero attached hydrogens (tertiary/aromatic N) is 2. The fourth-order valence-corrected chi connectivity index (χ4v) is 3.21. The first-order chi connectivity index (χ1) is 12.7. The fraction of sp³-hybridized carbons (Fsp3) is 0.176. The molecule has 3 rings (SSSR count). The molecule has 0 radical (unpaired) electrons. The molecule has 0 spiro atoms. The number of rotatable bonds is 4. The summed E-state index contributed by atoms with van der Waals surface area (Å²) in [6, 6.07) is 7.74. The van der Waals surface area contributed by atoms with E-state index in [0.29, 0.717) is 27.1 Å². The summed E-state index contributed by atoms with van der Waals surface area (Å²) in [5.74, 6) is -0.00289. The molecule has 5 nitrogen and oxygen atoms in total. The van der Waals surface area contributed by atoms with Crippen LogP contribution >= 0.6 is 10.7 Å². The maximum absolute atomic E-state index is 13.0. The van der Waals surface area contributed by atoms with E-state index in [9.17, 15) is 17.4 Å². The highest BCUT2D eigenvalue weighted by Gasteiger charge is 2.31. The quantitative estimate of drug-likeness (QED) is 0.582. The van der Waals surface area contributed by atoms with Gasteiger partial charge in [0.1, 0.15) is 15.8 Å². The van der Waals surface area contributed by atoms with Gasteiger partial charge in [-0.2, -0.15) is 23.1 Å². The number of aromatic nitrogens is 2. The standard InChI is InChI=1S/C17H12ClF3N2O3S/c1-25-14-7-9(17(19,20)21)3-5-12(14)15-11-6-4-10(27(18)24)8-13(11)22-16(23-15)26-2/h3-8H,1-2H3. The minimum absolute atomic E-state index is 0.00282. The van der Waals surface area contributed by atoms with Crippen molar-refractivity contribution in [3.8, 4) is 23.0 Å². The molecule has 3 aromatic rings. The van der Waals surface area contributed by atoms with Gasteiger partial charge in [-0.05, 0) is 47.1 Å². The second-order valence-corrected chi connectivity index (χ2v) is 7.13. The molecule has 1 aromatic heterocycles. The van der Waals surface area contributed by atoms with E-state index in [2.05, 4.69) is 9.97 Å². The topological polar surface area (TPSA) is 61.3 Å². The molecule has 142 valence electrons. The van der Waals surface area contributed by atoms with E-state index in [-0.39, 0.29) is 11.8 Å². The molecule has 0 saturated carbocycles. The third-order valence-corrected chi connectivity index (χ3v) is 4.96. The number of methoxy groups -OCH3 is 2. The van der Waals surface area contributed by atoms with E-state index >= 15 is 0 Å². The molecule has 0 saturated heterocycles. The van der Waals surface area contributed by atoms with Crippen molar-refractivity contribution >= 4 is 31.6 Å². The Morgan fingerprint density at radius 1 is 1.04 bits per heavy atom. The first-order valence-corrected chi connectivity index (χ1v) is 9.41. The number of fused-ring (bicyclic) bond motifs is 1. The summed E-state index contributed by atoms with van der Waals surface area (Å²) in [5.41, 5.74) is 0.184. The van der Waals surface area contributed by atoms with Gasteiger partial charge in [0.25, 0.3) is 0 Å². The molecule has 0 aliphatic rings. The van der Waals surface area contributed by atoms with Crippen molar-refractivity contribution in [3.63, 3.8) is 0 Å². The summed E-state index contributed by atoms with van der Waals surface area (Å²) in [6.45, 7) is 0. The van der Waals surface area contributed by atoms with Gasteiger partial charge in [-0.25, -0.2) is 4.21 Å². The van der Waals surface area contributed by atoms with Crippen molar-refractivity contribution < 1.29 is 26.9 Å². The van der Waals surface area contributed by atoms with Gasteiger partial charge in [0.05, 0.1) is 35.9 Å². The molecule has 27 heavy (non-hydrogen) atoms. The largest absolute Gasteiger partial charge is 0.496 e. The Bertz CT molecular complexity index is 1040. The molecular formula is C17H12ClF3N2O3S. The molecule has 0 fully saturated rings. The molecule has 0 N–H and O–H groups in total. The summed E-state index contributed by atoms with van der Waals surface area (Å²) in [7, 11) is 6.50. The molecule has 10 heteroatoms. The summed E-state index contributed by atoms with van der Waals surface area (Å²) >= 11 is 0. The zero-order valence-corrected chi connectivity index (χ0v) is 15.6. The van der Waals surface area contributed by atoms with Gasteiger partial charge in [-0.15, -0.1) is 0 Å². The highest BCUT2D eigenvalue weighted by Crippen LogP contribution is 2.39. The number of ether oxygens (including phenoxy) is 2. The lowest BCUT2D eigenvalue weighted by molar-refractivity contribution is -0.137. The van der Waals surface area contributed by atoms with Crippen LogP contribution in [0.25, 0.3) is 22.2 Å². The average molecular weight is 417 g/mol. The van der Waals surface area contributed by atoms with Crippen LogP contribution < -0.4 is 9.47 Å². The number of hydrogen-bond donors (Lipinski definition) is 0. The number of benzene rings is 2. The monoisotopic (exact) mass is 416 g/mol. The second-order valence-electron chi connectivity index (χ2n) is 5.37. The predicted molar refractivity (Wildman–Crippen MR) is 95.3 cm³/mol. The first-order valence-electron chi connectivity index (χ1n) is 7.44. The van der Waals surface area contributed by atoms with Crippen LogP contribution in [0, 0.1) is 0 Å². The van der Waals surface area contributed by atoms with E-state index in [0.717, 1.165) is 12.1 Å². The van der Waals surface area contributed by atoms with Gasteiger partial charge in [-0.1, -0.05) is 0 Å². The predicted octanol–water partition coefficient (Wildman–Crippen LogP) is 4.59. The van der Waals surface area contributed by atoms with E-state index < -0.39 is 21.8 Å². The highest BCUT2D eigenvalue weighted by atomic mass is 35.7. The summed E-state index contributed by atoms with van der Waals surface area (Å²) < 4.78 is 60.7. The third kappa shape index (κ3) is 3.84. The van der Waals surface area contributed by atoms with E-state index in [1.807, 2.05) is 0 Å². The Labute approximate surface area is 159 Å². The molecule has 1 heterocycles. The van der Waals surface area contributed by atoms with Crippen molar-refractivity contribution in [2.75, 3.05) is 14.2 Å². The Hall–Kier alpha value is -2.39. The lowest BCUT2D eigenvalue weighted by atomic mass is 10.0. The van der Waals surface area contributed by atoms with Crippen LogP contribution in [0.2, 0.25) is 0 Å². The van der Waals surface area contributed by atoms with Crippen LogP contribution in [-0.2, 0) is 16.2 Å². The second kappa shape index (κ2) is 7.32. The van der Waals surface area contributed by atoms with Gasteiger partial charge in [-0.3, -0.25) is 0 Å². The number of alkyl halides is 3. The third-order valence-electron chi connectivity index (χ3n) is 3.80. The normalized spacial score (nSPS) is 12.8. The van der Waals surface area contributed by atoms with Gasteiger partial charge in [0, 0.05) is 10.9 Å². The van der Waals surface area contributed by atoms with Crippen LogP contribution in [0.15, 0.2) is 41.3 Å². The minimum atomic E-state index is -4.50. The summed E-state index contributed by atoms with van der Waals surface area (Å²) in [6.07, 6.45) is -4.50. The lowest BCUT2D eigenvalue weighted by Gasteiger charge is -2.14. The first kappa shape index (κ1) is 19.4. The van der Waals surface area contributed by atoms with Gasteiger partial charge in [0.15, 0.2) is 0 Å². The lowest BCUT2D eigenvalue weighted by Crippen LogP contribution is -2.06. The van der Waals surface area contributed by atoms with Crippen LogP contribution in [-0.4, -0.2) is 28.4 Å². The molecule has 0 amide bonds. The number of hydrogen-bond acceptors (Lipinski definition) is 5. The van der Waals surface area contributed by atoms with Crippen LogP contribution in [0.1, 0.15) is 5.56 Å². The van der Waals surface area contributed by atoms with Crippen molar-refractivity contribution in [1.29, 1.82) is 0 Å². The van der Waals surface area contributed by atoms with Gasteiger partial charge < -0.3 is 9.47 Å². The molecule has 0 aliphatic carbocycles. The van der Waals surface area contributed by atoms with Crippen LogP contribution in [0.5, 0.6) is 11.8 Å². The van der Waals surface area contributed by atoms with Crippen molar-refractivity contribution in [1.82, 2.24) is 9.97 Å². The smallest absolute Gasteiger partial charge is 0.416 e. The van der Waals surface area contributed by atoms with Gasteiger partial charge >= 0.3 is 12.2 Å².